The molecule has 1 fully saturated rings. The van der Waals surface area contributed by atoms with Crippen molar-refractivity contribution in [2.45, 2.75) is 79.5 Å². The van der Waals surface area contributed by atoms with Crippen molar-refractivity contribution in [3.63, 3.8) is 0 Å². The summed E-state index contributed by atoms with van der Waals surface area (Å²) in [5.74, 6) is -0.180. The van der Waals surface area contributed by atoms with Gasteiger partial charge in [-0.2, -0.15) is 0 Å². The van der Waals surface area contributed by atoms with Crippen molar-refractivity contribution >= 4 is 28.3 Å². The molecule has 0 aliphatic carbocycles. The Hall–Kier alpha value is -2.81. The highest BCUT2D eigenvalue weighted by Crippen LogP contribution is 2.34. The van der Waals surface area contributed by atoms with Crippen LogP contribution in [0.3, 0.4) is 0 Å². The zero-order valence-corrected chi connectivity index (χ0v) is 22.7. The van der Waals surface area contributed by atoms with E-state index in [0.29, 0.717) is 30.3 Å². The van der Waals surface area contributed by atoms with E-state index in [0.717, 1.165) is 41.2 Å². The van der Waals surface area contributed by atoms with Crippen LogP contribution in [0.15, 0.2) is 16.2 Å². The number of H-pyrrole nitrogens is 1. The smallest absolute Gasteiger partial charge is 0.410 e. The minimum absolute atomic E-state index is 0.166. The van der Waals surface area contributed by atoms with Gasteiger partial charge in [0.05, 0.1) is 10.6 Å². The molecule has 35 heavy (non-hydrogen) atoms. The molecular weight excluding hydrogens is 464 g/mol. The van der Waals surface area contributed by atoms with Crippen LogP contribution in [0, 0.1) is 20.8 Å². The van der Waals surface area contributed by atoms with Crippen LogP contribution in [-0.2, 0) is 11.3 Å². The lowest BCUT2D eigenvalue weighted by Crippen LogP contribution is -2.48. The normalized spacial score (nSPS) is 14.7. The molecule has 0 saturated carbocycles. The van der Waals surface area contributed by atoms with E-state index in [4.69, 9.17) is 4.74 Å². The third-order valence-corrected chi connectivity index (χ3v) is 7.45. The quantitative estimate of drug-likeness (QED) is 0.606. The lowest BCUT2D eigenvalue weighted by molar-refractivity contribution is 0.0205. The van der Waals surface area contributed by atoms with Crippen LogP contribution in [0.1, 0.15) is 73.3 Å². The number of hydrogen-bond donors (Lipinski definition) is 2. The molecule has 0 radical (unpaired) electrons. The molecule has 3 rings (SSSR count). The fraction of sp³-hybridized carbons (Fsp3) is 0.577. The molecule has 3 heterocycles. The molecule has 0 unspecified atom stereocenters. The number of carbonyl (C=O) groups excluding carboxylic acids is 2. The number of aromatic nitrogens is 1. The van der Waals surface area contributed by atoms with E-state index in [1.165, 1.54) is 0 Å². The van der Waals surface area contributed by atoms with Gasteiger partial charge in [-0.15, -0.1) is 11.3 Å². The van der Waals surface area contributed by atoms with Gasteiger partial charge in [-0.3, -0.25) is 9.59 Å². The average Bonchev–Trinajstić information content (AvgIpc) is 3.14. The largest absolute Gasteiger partial charge is 0.444 e. The zero-order valence-electron chi connectivity index (χ0n) is 21.9. The Morgan fingerprint density at radius 3 is 2.46 bits per heavy atom. The zero-order chi connectivity index (χ0) is 25.9. The van der Waals surface area contributed by atoms with Gasteiger partial charge in [0.25, 0.3) is 11.5 Å². The Morgan fingerprint density at radius 2 is 1.89 bits per heavy atom. The van der Waals surface area contributed by atoms with Crippen LogP contribution in [0.25, 0.3) is 0 Å². The second kappa shape index (κ2) is 10.8. The molecule has 192 valence electrons. The summed E-state index contributed by atoms with van der Waals surface area (Å²) in [6.07, 6.45) is 1.44. The van der Waals surface area contributed by atoms with Crippen molar-refractivity contribution in [3.05, 3.63) is 49.7 Å². The molecule has 2 aromatic heterocycles. The van der Waals surface area contributed by atoms with E-state index in [1.54, 1.807) is 16.2 Å². The number of aromatic amines is 1. The Labute approximate surface area is 211 Å². The molecule has 8 nitrogen and oxygen atoms in total. The maximum atomic E-state index is 13.0. The Morgan fingerprint density at radius 1 is 1.23 bits per heavy atom. The molecular formula is C26H38N4O4S. The summed E-state index contributed by atoms with van der Waals surface area (Å²) < 4.78 is 5.52. The number of pyridine rings is 1. The molecule has 1 aliphatic heterocycles. The van der Waals surface area contributed by atoms with Crippen LogP contribution in [-0.4, -0.2) is 53.2 Å². The predicted molar refractivity (Wildman–Crippen MR) is 141 cm³/mol. The Kier molecular flexibility index (Phi) is 8.30. The van der Waals surface area contributed by atoms with Crippen LogP contribution in [0.4, 0.5) is 9.80 Å². The fourth-order valence-electron chi connectivity index (χ4n) is 4.53. The molecule has 0 bridgehead atoms. The van der Waals surface area contributed by atoms with Gasteiger partial charge in [-0.25, -0.2) is 4.79 Å². The summed E-state index contributed by atoms with van der Waals surface area (Å²) in [5.41, 5.74) is 3.15. The molecule has 2 N–H and O–H groups in total. The number of amides is 2. The SMILES string of the molecule is CCN(c1scc(C(=O)NCc2c(C)cc(C)[nH]c2=O)c1C)C1CCN(C(=O)OC(C)(C)C)CC1. The topological polar surface area (TPSA) is 94.7 Å². The van der Waals surface area contributed by atoms with Crippen molar-refractivity contribution in [2.75, 3.05) is 24.5 Å². The van der Waals surface area contributed by atoms with Gasteiger partial charge < -0.3 is 24.8 Å². The number of likely N-dealkylation sites (tertiary alicyclic amines) is 1. The van der Waals surface area contributed by atoms with E-state index < -0.39 is 5.60 Å². The summed E-state index contributed by atoms with van der Waals surface area (Å²) in [5, 5.41) is 5.89. The standard InChI is InChI=1S/C26H38N4O4S/c1-8-30(19-9-11-29(12-10-19)25(33)34-26(5,6)7)24-18(4)21(15-35-24)22(31)27-14-20-16(2)13-17(3)28-23(20)32/h13,15,19H,8-12,14H2,1-7H3,(H,27,31)(H,28,32). The van der Waals surface area contributed by atoms with Crippen molar-refractivity contribution in [1.29, 1.82) is 0 Å². The van der Waals surface area contributed by atoms with Crippen LogP contribution < -0.4 is 15.8 Å². The number of anilines is 1. The third-order valence-electron chi connectivity index (χ3n) is 6.34. The Balaban J connectivity index is 1.65. The molecule has 9 heteroatoms. The van der Waals surface area contributed by atoms with Gasteiger partial charge in [-0.05, 0) is 78.5 Å². The minimum atomic E-state index is -0.500. The van der Waals surface area contributed by atoms with Crippen molar-refractivity contribution in [2.24, 2.45) is 0 Å². The van der Waals surface area contributed by atoms with E-state index in [-0.39, 0.29) is 24.1 Å². The highest BCUT2D eigenvalue weighted by Gasteiger charge is 2.31. The van der Waals surface area contributed by atoms with Crippen LogP contribution in [0.5, 0.6) is 0 Å². The van der Waals surface area contributed by atoms with Crippen LogP contribution in [0.2, 0.25) is 0 Å². The van der Waals surface area contributed by atoms with Gasteiger partial charge in [0.1, 0.15) is 5.60 Å². The molecule has 0 aromatic carbocycles. The van der Waals surface area contributed by atoms with E-state index in [9.17, 15) is 14.4 Å². The summed E-state index contributed by atoms with van der Waals surface area (Å²) in [7, 11) is 0. The average molecular weight is 503 g/mol. The molecule has 2 amide bonds. The maximum absolute atomic E-state index is 13.0. The van der Waals surface area contributed by atoms with E-state index in [1.807, 2.05) is 53.0 Å². The number of carbonyl (C=O) groups is 2. The molecule has 0 spiro atoms. The lowest BCUT2D eigenvalue weighted by Gasteiger charge is -2.39. The summed E-state index contributed by atoms with van der Waals surface area (Å²) >= 11 is 1.57. The number of ether oxygens (including phenoxy) is 1. The van der Waals surface area contributed by atoms with Gasteiger partial charge in [0.2, 0.25) is 0 Å². The predicted octanol–water partition coefficient (Wildman–Crippen LogP) is 4.52. The van der Waals surface area contributed by atoms with E-state index in [2.05, 4.69) is 22.1 Å². The van der Waals surface area contributed by atoms with Gasteiger partial charge >= 0.3 is 6.09 Å². The number of nitrogens with zero attached hydrogens (tertiary/aromatic N) is 2. The van der Waals surface area contributed by atoms with Gasteiger partial charge in [-0.1, -0.05) is 0 Å². The van der Waals surface area contributed by atoms with Crippen molar-refractivity contribution in [1.82, 2.24) is 15.2 Å². The Bertz CT molecular complexity index is 1120. The summed E-state index contributed by atoms with van der Waals surface area (Å²) in [4.78, 5) is 44.6. The first-order chi connectivity index (χ1) is 16.4. The van der Waals surface area contributed by atoms with Crippen molar-refractivity contribution < 1.29 is 14.3 Å². The number of nitrogens with one attached hydrogen (secondary N) is 2. The van der Waals surface area contributed by atoms with E-state index >= 15 is 0 Å². The number of aryl methyl sites for hydroxylation is 2. The summed E-state index contributed by atoms with van der Waals surface area (Å²) in [6, 6.07) is 2.20. The minimum Gasteiger partial charge on any atom is -0.444 e. The van der Waals surface area contributed by atoms with Gasteiger partial charge in [0.15, 0.2) is 0 Å². The second-order valence-corrected chi connectivity index (χ2v) is 11.0. The fourth-order valence-corrected chi connectivity index (χ4v) is 5.75. The highest BCUT2D eigenvalue weighted by atomic mass is 32.1. The number of thiophene rings is 1. The molecule has 1 aliphatic rings. The molecule has 0 atom stereocenters. The molecule has 1 saturated heterocycles. The first-order valence-electron chi connectivity index (χ1n) is 12.2. The lowest BCUT2D eigenvalue weighted by atomic mass is 10.0. The second-order valence-electron chi connectivity index (χ2n) is 10.2. The first-order valence-corrected chi connectivity index (χ1v) is 13.1. The van der Waals surface area contributed by atoms with Crippen LogP contribution >= 0.6 is 11.3 Å². The highest BCUT2D eigenvalue weighted by molar-refractivity contribution is 7.14. The number of hydrogen-bond acceptors (Lipinski definition) is 6. The monoisotopic (exact) mass is 502 g/mol. The maximum Gasteiger partial charge on any atom is 0.410 e. The van der Waals surface area contributed by atoms with Crippen molar-refractivity contribution in [3.8, 4) is 0 Å². The first kappa shape index (κ1) is 26.8. The number of piperidine rings is 1. The summed E-state index contributed by atoms with van der Waals surface area (Å²) in [6.45, 7) is 15.8. The molecule has 2 aromatic rings. The number of rotatable bonds is 6. The van der Waals surface area contributed by atoms with Gasteiger partial charge in [0, 0.05) is 48.9 Å². The third kappa shape index (κ3) is 6.45.